The van der Waals surface area contributed by atoms with Crippen LogP contribution in [0.25, 0.3) is 0 Å². The summed E-state index contributed by atoms with van der Waals surface area (Å²) in [5.74, 6) is 0.514. The van der Waals surface area contributed by atoms with Crippen LogP contribution in [0.5, 0.6) is 0 Å². The molecule has 0 spiro atoms. The maximum atomic E-state index is 12.6. The Morgan fingerprint density at radius 3 is 2.26 bits per heavy atom. The number of aliphatic imine (C=N–C) groups is 1. The van der Waals surface area contributed by atoms with E-state index in [2.05, 4.69) is 61.7 Å². The van der Waals surface area contributed by atoms with Crippen molar-refractivity contribution in [1.29, 1.82) is 0 Å². The van der Waals surface area contributed by atoms with Crippen molar-refractivity contribution in [2.24, 2.45) is 4.99 Å². The maximum absolute atomic E-state index is 12.6. The third-order valence-electron chi connectivity index (χ3n) is 4.96. The maximum Gasteiger partial charge on any atom is 0.434 e. The molecule has 1 aromatic carbocycles. The summed E-state index contributed by atoms with van der Waals surface area (Å²) in [4.78, 5) is 12.5. The van der Waals surface area contributed by atoms with Gasteiger partial charge in [0.2, 0.25) is 0 Å². The van der Waals surface area contributed by atoms with Gasteiger partial charge in [0.15, 0.2) is 11.7 Å². The SMILES string of the molecule is CN=C(NCc1ccc(CN2CCN(C)CC2)cc1)NCc1nc(C(F)(F)F)cs1.I. The third-order valence-corrected chi connectivity index (χ3v) is 5.81. The number of aromatic nitrogens is 1. The number of alkyl halides is 3. The second-order valence-corrected chi connectivity index (χ2v) is 8.24. The normalized spacial score (nSPS) is 16.1. The largest absolute Gasteiger partial charge is 0.434 e. The van der Waals surface area contributed by atoms with Crippen molar-refractivity contribution in [3.8, 4) is 0 Å². The Labute approximate surface area is 202 Å². The Bertz CT molecular complexity index is 832. The minimum Gasteiger partial charge on any atom is -0.352 e. The van der Waals surface area contributed by atoms with Gasteiger partial charge in [-0.2, -0.15) is 13.2 Å². The lowest BCUT2D eigenvalue weighted by Gasteiger charge is -2.32. The van der Waals surface area contributed by atoms with Gasteiger partial charge < -0.3 is 15.5 Å². The highest BCUT2D eigenvalue weighted by atomic mass is 127. The Kier molecular flexibility index (Phi) is 9.97. The lowest BCUT2D eigenvalue weighted by Crippen LogP contribution is -2.43. The van der Waals surface area contributed by atoms with Gasteiger partial charge in [-0.05, 0) is 18.2 Å². The van der Waals surface area contributed by atoms with Crippen LogP contribution < -0.4 is 10.6 Å². The van der Waals surface area contributed by atoms with Crippen LogP contribution in [0.2, 0.25) is 0 Å². The summed E-state index contributed by atoms with van der Waals surface area (Å²) in [7, 11) is 3.77. The monoisotopic (exact) mass is 568 g/mol. The van der Waals surface area contributed by atoms with Crippen LogP contribution in [0.3, 0.4) is 0 Å². The fourth-order valence-electron chi connectivity index (χ4n) is 3.11. The minimum absolute atomic E-state index is 0. The first-order valence-corrected chi connectivity index (χ1v) is 10.7. The summed E-state index contributed by atoms with van der Waals surface area (Å²) in [6, 6.07) is 8.45. The van der Waals surface area contributed by atoms with Gasteiger partial charge in [0.1, 0.15) is 5.01 Å². The van der Waals surface area contributed by atoms with Crippen LogP contribution in [-0.2, 0) is 25.8 Å². The zero-order valence-electron chi connectivity index (χ0n) is 17.6. The van der Waals surface area contributed by atoms with E-state index in [0.717, 1.165) is 55.0 Å². The number of benzene rings is 1. The van der Waals surface area contributed by atoms with Crippen molar-refractivity contribution in [1.82, 2.24) is 25.4 Å². The minimum atomic E-state index is -4.41. The number of nitrogens with zero attached hydrogens (tertiary/aromatic N) is 4. The second-order valence-electron chi connectivity index (χ2n) is 7.30. The number of guanidine groups is 1. The van der Waals surface area contributed by atoms with E-state index in [1.807, 2.05) is 0 Å². The summed E-state index contributed by atoms with van der Waals surface area (Å²) < 4.78 is 37.9. The van der Waals surface area contributed by atoms with E-state index < -0.39 is 11.9 Å². The number of piperazine rings is 1. The van der Waals surface area contributed by atoms with Gasteiger partial charge >= 0.3 is 6.18 Å². The second kappa shape index (κ2) is 12.0. The standard InChI is InChI=1S/C20H27F3N6S.HI/c1-24-19(26-12-18-27-17(14-30-18)20(21,22)23)25-11-15-3-5-16(6-4-15)13-29-9-7-28(2)8-10-29;/h3-6,14H,7-13H2,1-2H3,(H2,24,25,26);1H. The molecule has 2 aromatic rings. The molecule has 172 valence electrons. The molecule has 31 heavy (non-hydrogen) atoms. The van der Waals surface area contributed by atoms with Crippen molar-refractivity contribution >= 4 is 41.3 Å². The molecule has 0 radical (unpaired) electrons. The van der Waals surface area contributed by atoms with Crippen molar-refractivity contribution in [2.45, 2.75) is 25.8 Å². The predicted octanol–water partition coefficient (Wildman–Crippen LogP) is 3.39. The smallest absolute Gasteiger partial charge is 0.352 e. The number of nitrogens with one attached hydrogen (secondary N) is 2. The predicted molar refractivity (Wildman–Crippen MR) is 129 cm³/mol. The van der Waals surface area contributed by atoms with Crippen LogP contribution in [0.15, 0.2) is 34.6 Å². The third kappa shape index (κ3) is 8.20. The highest BCUT2D eigenvalue weighted by molar-refractivity contribution is 14.0. The van der Waals surface area contributed by atoms with Crippen LogP contribution >= 0.6 is 35.3 Å². The number of hydrogen-bond donors (Lipinski definition) is 2. The number of halogens is 4. The summed E-state index contributed by atoms with van der Waals surface area (Å²) in [5, 5.41) is 7.56. The number of hydrogen-bond acceptors (Lipinski definition) is 5. The molecule has 0 saturated carbocycles. The van der Waals surface area contributed by atoms with Gasteiger partial charge in [-0.15, -0.1) is 35.3 Å². The molecule has 1 fully saturated rings. The van der Waals surface area contributed by atoms with E-state index in [9.17, 15) is 13.2 Å². The lowest BCUT2D eigenvalue weighted by atomic mass is 10.1. The first-order chi connectivity index (χ1) is 14.3. The molecule has 0 atom stereocenters. The van der Waals surface area contributed by atoms with Gasteiger partial charge in [0.05, 0.1) is 6.54 Å². The summed E-state index contributed by atoms with van der Waals surface area (Å²) >= 11 is 0.976. The van der Waals surface area contributed by atoms with Gasteiger partial charge in [-0.25, -0.2) is 4.98 Å². The Hall–Kier alpha value is -1.44. The molecule has 0 aliphatic carbocycles. The highest BCUT2D eigenvalue weighted by Gasteiger charge is 2.33. The molecular weight excluding hydrogens is 540 g/mol. The van der Waals surface area contributed by atoms with Crippen molar-refractivity contribution in [3.05, 3.63) is 51.5 Å². The van der Waals surface area contributed by atoms with E-state index in [1.54, 1.807) is 7.05 Å². The van der Waals surface area contributed by atoms with Crippen LogP contribution in [0.4, 0.5) is 13.2 Å². The zero-order valence-corrected chi connectivity index (χ0v) is 20.7. The molecule has 2 heterocycles. The van der Waals surface area contributed by atoms with Gasteiger partial charge in [-0.1, -0.05) is 24.3 Å². The average Bonchev–Trinajstić information content (AvgIpc) is 3.21. The molecule has 1 aliphatic heterocycles. The van der Waals surface area contributed by atoms with Crippen molar-refractivity contribution in [3.63, 3.8) is 0 Å². The summed E-state index contributed by atoms with van der Waals surface area (Å²) in [6.07, 6.45) is -4.41. The number of rotatable bonds is 6. The molecule has 1 aromatic heterocycles. The molecular formula is C20H28F3IN6S. The summed E-state index contributed by atoms with van der Waals surface area (Å²) in [5.41, 5.74) is 1.53. The molecule has 0 bridgehead atoms. The Morgan fingerprint density at radius 2 is 1.68 bits per heavy atom. The van der Waals surface area contributed by atoms with Crippen LogP contribution in [-0.4, -0.2) is 61.0 Å². The highest BCUT2D eigenvalue weighted by Crippen LogP contribution is 2.29. The van der Waals surface area contributed by atoms with E-state index in [1.165, 1.54) is 5.56 Å². The molecule has 1 aliphatic rings. The van der Waals surface area contributed by atoms with E-state index in [-0.39, 0.29) is 30.5 Å². The number of thiazole rings is 1. The van der Waals surface area contributed by atoms with E-state index >= 15 is 0 Å². The van der Waals surface area contributed by atoms with Gasteiger partial charge in [0, 0.05) is 51.7 Å². The Morgan fingerprint density at radius 1 is 1.06 bits per heavy atom. The van der Waals surface area contributed by atoms with Crippen LogP contribution in [0, 0.1) is 0 Å². The van der Waals surface area contributed by atoms with Crippen molar-refractivity contribution < 1.29 is 13.2 Å². The molecule has 0 unspecified atom stereocenters. The zero-order chi connectivity index (χ0) is 21.6. The topological polar surface area (TPSA) is 55.8 Å². The quantitative estimate of drug-likeness (QED) is 0.318. The van der Waals surface area contributed by atoms with E-state index in [0.29, 0.717) is 17.5 Å². The lowest BCUT2D eigenvalue weighted by molar-refractivity contribution is -0.140. The van der Waals surface area contributed by atoms with E-state index in [4.69, 9.17) is 0 Å². The molecule has 0 amide bonds. The molecule has 3 rings (SSSR count). The number of likely N-dealkylation sites (N-methyl/N-ethyl adjacent to an activating group) is 1. The fourth-order valence-corrected chi connectivity index (χ4v) is 3.86. The fraction of sp³-hybridized carbons (Fsp3) is 0.500. The Balaban J connectivity index is 0.00000341. The molecule has 11 heteroatoms. The van der Waals surface area contributed by atoms with Gasteiger partial charge in [0.25, 0.3) is 0 Å². The average molecular weight is 568 g/mol. The first-order valence-electron chi connectivity index (χ1n) is 9.78. The first kappa shape index (κ1) is 25.8. The van der Waals surface area contributed by atoms with Gasteiger partial charge in [-0.3, -0.25) is 9.89 Å². The van der Waals surface area contributed by atoms with Crippen molar-refractivity contribution in [2.75, 3.05) is 40.3 Å². The summed E-state index contributed by atoms with van der Waals surface area (Å²) in [6.45, 7) is 6.10. The molecule has 1 saturated heterocycles. The molecule has 6 nitrogen and oxygen atoms in total. The molecule has 2 N–H and O–H groups in total. The van der Waals surface area contributed by atoms with Crippen LogP contribution in [0.1, 0.15) is 21.8 Å².